The SMILES string of the molecule is COc1nc(-c2cccc3c2OC(C(C)C)CO3)ccc1Nc1ccc(CN(C)C)cc1. The highest BCUT2D eigenvalue weighted by Gasteiger charge is 2.26. The molecule has 32 heavy (non-hydrogen) atoms. The standard InChI is InChI=1S/C26H31N3O3/c1-17(2)24-16-31-23-8-6-7-20(25(23)32-24)21-13-14-22(26(28-21)30-5)27-19-11-9-18(10-12-19)15-29(3)4/h6-14,17,24,27H,15-16H2,1-5H3. The Hall–Kier alpha value is -3.25. The number of nitrogens with zero attached hydrogens (tertiary/aromatic N) is 2. The lowest BCUT2D eigenvalue weighted by Gasteiger charge is -2.30. The highest BCUT2D eigenvalue weighted by Crippen LogP contribution is 2.42. The van der Waals surface area contributed by atoms with E-state index in [2.05, 4.69) is 62.4 Å². The van der Waals surface area contributed by atoms with Gasteiger partial charge in [-0.15, -0.1) is 0 Å². The van der Waals surface area contributed by atoms with Gasteiger partial charge >= 0.3 is 0 Å². The average molecular weight is 434 g/mol. The smallest absolute Gasteiger partial charge is 0.238 e. The fourth-order valence-electron chi connectivity index (χ4n) is 3.69. The van der Waals surface area contributed by atoms with Gasteiger partial charge in [0.2, 0.25) is 5.88 Å². The first-order valence-electron chi connectivity index (χ1n) is 10.9. The van der Waals surface area contributed by atoms with E-state index in [1.165, 1.54) is 5.56 Å². The molecule has 168 valence electrons. The van der Waals surface area contributed by atoms with Gasteiger partial charge in [-0.05, 0) is 62.0 Å². The summed E-state index contributed by atoms with van der Waals surface area (Å²) < 4.78 is 17.9. The van der Waals surface area contributed by atoms with Crippen molar-refractivity contribution in [2.75, 3.05) is 33.1 Å². The molecule has 0 saturated heterocycles. The monoisotopic (exact) mass is 433 g/mol. The molecule has 1 unspecified atom stereocenters. The predicted molar refractivity (Wildman–Crippen MR) is 128 cm³/mol. The van der Waals surface area contributed by atoms with Crippen molar-refractivity contribution in [3.63, 3.8) is 0 Å². The lowest BCUT2D eigenvalue weighted by molar-refractivity contribution is 0.0597. The summed E-state index contributed by atoms with van der Waals surface area (Å²) >= 11 is 0. The zero-order valence-corrected chi connectivity index (χ0v) is 19.4. The van der Waals surface area contributed by atoms with E-state index < -0.39 is 0 Å². The molecule has 1 atom stereocenters. The third-order valence-electron chi connectivity index (χ3n) is 5.46. The van der Waals surface area contributed by atoms with E-state index in [1.54, 1.807) is 7.11 Å². The number of methoxy groups -OCH3 is 1. The van der Waals surface area contributed by atoms with Crippen molar-refractivity contribution >= 4 is 11.4 Å². The van der Waals surface area contributed by atoms with Crippen LogP contribution in [0.3, 0.4) is 0 Å². The summed E-state index contributed by atoms with van der Waals surface area (Å²) in [5, 5.41) is 3.41. The lowest BCUT2D eigenvalue weighted by Crippen LogP contribution is -2.33. The molecule has 0 bridgehead atoms. The molecule has 0 amide bonds. The maximum absolute atomic E-state index is 6.29. The predicted octanol–water partition coefficient (Wildman–Crippen LogP) is 5.36. The Kier molecular flexibility index (Phi) is 6.51. The Balaban J connectivity index is 1.60. The minimum atomic E-state index is 0.0157. The van der Waals surface area contributed by atoms with Crippen LogP contribution in [0, 0.1) is 5.92 Å². The van der Waals surface area contributed by atoms with Gasteiger partial charge in [0, 0.05) is 17.8 Å². The van der Waals surface area contributed by atoms with Crippen LogP contribution >= 0.6 is 0 Å². The van der Waals surface area contributed by atoms with Crippen LogP contribution in [0.25, 0.3) is 11.3 Å². The maximum atomic E-state index is 6.29. The molecule has 0 fully saturated rings. The van der Waals surface area contributed by atoms with E-state index in [4.69, 9.17) is 19.2 Å². The number of nitrogens with one attached hydrogen (secondary N) is 1. The molecule has 1 aliphatic rings. The molecule has 1 N–H and O–H groups in total. The van der Waals surface area contributed by atoms with Gasteiger partial charge in [0.15, 0.2) is 11.5 Å². The number of benzene rings is 2. The van der Waals surface area contributed by atoms with Crippen LogP contribution in [0.5, 0.6) is 17.4 Å². The first-order chi connectivity index (χ1) is 15.4. The molecule has 6 heteroatoms. The molecule has 2 aromatic carbocycles. The number of hydrogen-bond acceptors (Lipinski definition) is 6. The van der Waals surface area contributed by atoms with Gasteiger partial charge in [-0.2, -0.15) is 0 Å². The number of aromatic nitrogens is 1. The normalized spacial score (nSPS) is 15.2. The Morgan fingerprint density at radius 1 is 1.09 bits per heavy atom. The second kappa shape index (κ2) is 9.49. The summed E-state index contributed by atoms with van der Waals surface area (Å²) in [7, 11) is 5.76. The van der Waals surface area contributed by atoms with E-state index in [0.717, 1.165) is 40.7 Å². The van der Waals surface area contributed by atoms with E-state index in [-0.39, 0.29) is 6.10 Å². The van der Waals surface area contributed by atoms with E-state index >= 15 is 0 Å². The van der Waals surface area contributed by atoms with Crippen LogP contribution in [0.1, 0.15) is 19.4 Å². The summed E-state index contributed by atoms with van der Waals surface area (Å²) in [4.78, 5) is 6.91. The summed E-state index contributed by atoms with van der Waals surface area (Å²) in [5.41, 5.74) is 4.72. The second-order valence-electron chi connectivity index (χ2n) is 8.66. The average Bonchev–Trinajstić information content (AvgIpc) is 2.79. The minimum Gasteiger partial charge on any atom is -0.486 e. The molecular formula is C26H31N3O3. The van der Waals surface area contributed by atoms with Gasteiger partial charge in [-0.1, -0.05) is 32.0 Å². The van der Waals surface area contributed by atoms with Crippen LogP contribution < -0.4 is 19.5 Å². The molecule has 0 aliphatic carbocycles. The van der Waals surface area contributed by atoms with Gasteiger partial charge in [0.25, 0.3) is 0 Å². The highest BCUT2D eigenvalue weighted by atomic mass is 16.6. The molecule has 6 nitrogen and oxygen atoms in total. The van der Waals surface area contributed by atoms with Gasteiger partial charge in [-0.25, -0.2) is 4.98 Å². The Labute approximate surface area is 190 Å². The first-order valence-corrected chi connectivity index (χ1v) is 10.9. The molecule has 1 aliphatic heterocycles. The topological polar surface area (TPSA) is 55.9 Å². The third kappa shape index (κ3) is 4.81. The molecule has 0 saturated carbocycles. The van der Waals surface area contributed by atoms with Crippen molar-refractivity contribution in [3.8, 4) is 28.6 Å². The largest absolute Gasteiger partial charge is 0.486 e. The number of fused-ring (bicyclic) bond motifs is 1. The fourth-order valence-corrected chi connectivity index (χ4v) is 3.69. The number of hydrogen-bond donors (Lipinski definition) is 1. The summed E-state index contributed by atoms with van der Waals surface area (Å²) in [5.74, 6) is 2.37. The molecule has 0 spiro atoms. The van der Waals surface area contributed by atoms with E-state index in [1.807, 2.05) is 30.3 Å². The summed E-state index contributed by atoms with van der Waals surface area (Å²) in [6.07, 6.45) is 0.0157. The molecule has 1 aromatic heterocycles. The molecule has 2 heterocycles. The highest BCUT2D eigenvalue weighted by molar-refractivity contribution is 5.75. The van der Waals surface area contributed by atoms with Crippen LogP contribution in [0.15, 0.2) is 54.6 Å². The number of pyridine rings is 1. The zero-order chi connectivity index (χ0) is 22.7. The van der Waals surface area contributed by atoms with Crippen molar-refractivity contribution in [2.45, 2.75) is 26.5 Å². The van der Waals surface area contributed by atoms with Crippen LogP contribution in [-0.4, -0.2) is 43.8 Å². The quantitative estimate of drug-likeness (QED) is 0.541. The van der Waals surface area contributed by atoms with Gasteiger partial charge in [-0.3, -0.25) is 0 Å². The summed E-state index contributed by atoms with van der Waals surface area (Å²) in [6.45, 7) is 5.73. The van der Waals surface area contributed by atoms with Crippen LogP contribution in [0.4, 0.5) is 11.4 Å². The maximum Gasteiger partial charge on any atom is 0.238 e. The van der Waals surface area contributed by atoms with Crippen molar-refractivity contribution in [1.29, 1.82) is 0 Å². The number of rotatable bonds is 7. The molecule has 4 rings (SSSR count). The van der Waals surface area contributed by atoms with Gasteiger partial charge in [0.1, 0.15) is 18.4 Å². The summed E-state index contributed by atoms with van der Waals surface area (Å²) in [6, 6.07) is 18.2. The first kappa shape index (κ1) is 22.0. The molecular weight excluding hydrogens is 402 g/mol. The van der Waals surface area contributed by atoms with Crippen molar-refractivity contribution < 1.29 is 14.2 Å². The van der Waals surface area contributed by atoms with E-state index in [9.17, 15) is 0 Å². The van der Waals surface area contributed by atoms with Crippen molar-refractivity contribution in [3.05, 3.63) is 60.2 Å². The van der Waals surface area contributed by atoms with Crippen molar-refractivity contribution in [1.82, 2.24) is 9.88 Å². The van der Waals surface area contributed by atoms with Crippen LogP contribution in [-0.2, 0) is 6.54 Å². The number of ether oxygens (including phenoxy) is 3. The number of para-hydroxylation sites is 1. The van der Waals surface area contributed by atoms with Gasteiger partial charge in [0.05, 0.1) is 12.8 Å². The van der Waals surface area contributed by atoms with Gasteiger partial charge < -0.3 is 24.4 Å². The minimum absolute atomic E-state index is 0.0157. The number of anilines is 2. The van der Waals surface area contributed by atoms with E-state index in [0.29, 0.717) is 18.4 Å². The third-order valence-corrected chi connectivity index (χ3v) is 5.46. The molecule has 3 aromatic rings. The Morgan fingerprint density at radius 3 is 2.56 bits per heavy atom. The van der Waals surface area contributed by atoms with Crippen LogP contribution in [0.2, 0.25) is 0 Å². The zero-order valence-electron chi connectivity index (χ0n) is 19.4. The lowest BCUT2D eigenvalue weighted by atomic mass is 10.0. The Morgan fingerprint density at radius 2 is 1.88 bits per heavy atom. The fraction of sp³-hybridized carbons (Fsp3) is 0.346. The Bertz CT molecular complexity index is 1060. The second-order valence-corrected chi connectivity index (χ2v) is 8.66. The van der Waals surface area contributed by atoms with Crippen molar-refractivity contribution in [2.24, 2.45) is 5.92 Å². The molecule has 0 radical (unpaired) electrons.